The minimum absolute atomic E-state index is 0.906. The molecule has 0 N–H and O–H groups in total. The van der Waals surface area contributed by atoms with Gasteiger partial charge in [0.1, 0.15) is 11.2 Å². The number of rotatable bonds is 6. The molecule has 0 aliphatic rings. The fourth-order valence-electron chi connectivity index (χ4n) is 7.65. The molecule has 2 heteroatoms. The summed E-state index contributed by atoms with van der Waals surface area (Å²) in [5.74, 6) is 0. The van der Waals surface area contributed by atoms with Crippen molar-refractivity contribution in [3.63, 3.8) is 0 Å². The Kier molecular flexibility index (Phi) is 7.18. The summed E-state index contributed by atoms with van der Waals surface area (Å²) >= 11 is 0. The van der Waals surface area contributed by atoms with Gasteiger partial charge in [-0.3, -0.25) is 0 Å². The highest BCUT2D eigenvalue weighted by Gasteiger charge is 2.18. The molecule has 1 heterocycles. The van der Waals surface area contributed by atoms with Gasteiger partial charge < -0.3 is 9.32 Å². The van der Waals surface area contributed by atoms with Crippen LogP contribution >= 0.6 is 0 Å². The number of hydrogen-bond donors (Lipinski definition) is 0. The number of fused-ring (bicyclic) bond motifs is 6. The van der Waals surface area contributed by atoms with Gasteiger partial charge in [0.2, 0.25) is 0 Å². The number of hydrogen-bond acceptors (Lipinski definition) is 2. The van der Waals surface area contributed by atoms with Crippen molar-refractivity contribution in [2.24, 2.45) is 0 Å². The molecule has 1 aromatic heterocycles. The van der Waals surface area contributed by atoms with Gasteiger partial charge in [-0.15, -0.1) is 0 Å². The lowest BCUT2D eigenvalue weighted by atomic mass is 9.95. The molecule has 10 rings (SSSR count). The molecule has 0 spiro atoms. The van der Waals surface area contributed by atoms with E-state index in [-0.39, 0.29) is 0 Å². The molecule has 0 atom stereocenters. The molecular formula is C50H33NO. The van der Waals surface area contributed by atoms with E-state index < -0.39 is 0 Å². The number of furan rings is 1. The Balaban J connectivity index is 1.11. The molecule has 244 valence electrons. The lowest BCUT2D eigenvalue weighted by Crippen LogP contribution is -2.10. The Labute approximate surface area is 302 Å². The Hall–Kier alpha value is -6.90. The summed E-state index contributed by atoms with van der Waals surface area (Å²) in [4.78, 5) is 2.35. The van der Waals surface area contributed by atoms with Gasteiger partial charge in [0.15, 0.2) is 0 Å². The summed E-state index contributed by atoms with van der Waals surface area (Å²) in [5, 5.41) is 7.06. The van der Waals surface area contributed by atoms with E-state index in [4.69, 9.17) is 4.42 Å². The van der Waals surface area contributed by atoms with Crippen molar-refractivity contribution >= 4 is 60.5 Å². The zero-order chi connectivity index (χ0) is 34.4. The minimum atomic E-state index is 0.906. The number of benzene rings is 9. The molecule has 52 heavy (non-hydrogen) atoms. The van der Waals surface area contributed by atoms with Crippen molar-refractivity contribution in [1.82, 2.24) is 0 Å². The summed E-state index contributed by atoms with van der Waals surface area (Å²) in [7, 11) is 0. The van der Waals surface area contributed by atoms with Crippen LogP contribution in [0.2, 0.25) is 0 Å². The molecule has 10 aromatic rings. The normalized spacial score (nSPS) is 11.5. The summed E-state index contributed by atoms with van der Waals surface area (Å²) in [6.45, 7) is 0. The van der Waals surface area contributed by atoms with Crippen LogP contribution in [0.4, 0.5) is 17.1 Å². The lowest BCUT2D eigenvalue weighted by molar-refractivity contribution is 0.673. The molecule has 0 radical (unpaired) electrons. The Morgan fingerprint density at radius 3 is 1.69 bits per heavy atom. The van der Waals surface area contributed by atoms with E-state index in [2.05, 4.69) is 199 Å². The van der Waals surface area contributed by atoms with Gasteiger partial charge in [-0.05, 0) is 104 Å². The van der Waals surface area contributed by atoms with Crippen LogP contribution in [-0.2, 0) is 0 Å². The van der Waals surface area contributed by atoms with Gasteiger partial charge >= 0.3 is 0 Å². The molecule has 0 aliphatic heterocycles. The molecule has 0 unspecified atom stereocenters. The van der Waals surface area contributed by atoms with Crippen LogP contribution in [0.3, 0.4) is 0 Å². The van der Waals surface area contributed by atoms with Gasteiger partial charge in [0.25, 0.3) is 0 Å². The van der Waals surface area contributed by atoms with Gasteiger partial charge in [-0.1, -0.05) is 146 Å². The first kappa shape index (κ1) is 30.0. The first-order valence-electron chi connectivity index (χ1n) is 17.8. The van der Waals surface area contributed by atoms with Gasteiger partial charge in [0, 0.05) is 33.2 Å². The molecule has 0 bridgehead atoms. The second kappa shape index (κ2) is 12.5. The summed E-state index contributed by atoms with van der Waals surface area (Å²) in [6, 6.07) is 71.7. The zero-order valence-corrected chi connectivity index (χ0v) is 28.4. The average Bonchev–Trinajstić information content (AvgIpc) is 3.62. The van der Waals surface area contributed by atoms with Crippen molar-refractivity contribution in [1.29, 1.82) is 0 Å². The topological polar surface area (TPSA) is 16.4 Å². The largest absolute Gasteiger partial charge is 0.455 e. The third-order valence-corrected chi connectivity index (χ3v) is 10.2. The first-order valence-corrected chi connectivity index (χ1v) is 17.8. The van der Waals surface area contributed by atoms with Gasteiger partial charge in [0.05, 0.1) is 0 Å². The zero-order valence-electron chi connectivity index (χ0n) is 28.4. The van der Waals surface area contributed by atoms with Crippen molar-refractivity contribution in [2.75, 3.05) is 4.90 Å². The molecule has 0 saturated carbocycles. The third kappa shape index (κ3) is 5.21. The van der Waals surface area contributed by atoms with Gasteiger partial charge in [-0.2, -0.15) is 0 Å². The third-order valence-electron chi connectivity index (χ3n) is 10.2. The lowest BCUT2D eigenvalue weighted by Gasteiger charge is -2.26. The Morgan fingerprint density at radius 1 is 0.327 bits per heavy atom. The quantitative estimate of drug-likeness (QED) is 0.176. The summed E-state index contributed by atoms with van der Waals surface area (Å²) in [5.41, 5.74) is 12.2. The molecule has 0 amide bonds. The highest BCUT2D eigenvalue weighted by molar-refractivity contribution is 6.21. The number of para-hydroxylation sites is 1. The van der Waals surface area contributed by atoms with Crippen LogP contribution < -0.4 is 4.90 Å². The van der Waals surface area contributed by atoms with Crippen molar-refractivity contribution in [3.05, 3.63) is 200 Å². The van der Waals surface area contributed by atoms with E-state index >= 15 is 0 Å². The fourth-order valence-corrected chi connectivity index (χ4v) is 7.65. The first-order chi connectivity index (χ1) is 25.8. The highest BCUT2D eigenvalue weighted by atomic mass is 16.3. The van der Waals surface area contributed by atoms with E-state index in [1.165, 1.54) is 44.0 Å². The maximum Gasteiger partial charge on any atom is 0.143 e. The monoisotopic (exact) mass is 663 g/mol. The molecule has 2 nitrogen and oxygen atoms in total. The maximum atomic E-state index is 6.51. The SMILES string of the molecule is c1ccc(-c2ccc(N(c3ccc(-c4cc5ccccc5c5oc6ccccc6c45)cc3)c3cccc(-c4ccc5ccccc5c4)c3)cc2)cc1. The summed E-state index contributed by atoms with van der Waals surface area (Å²) < 4.78 is 6.51. The second-order valence-electron chi connectivity index (χ2n) is 13.4. The van der Waals surface area contributed by atoms with Crippen LogP contribution in [0, 0.1) is 0 Å². The van der Waals surface area contributed by atoms with E-state index in [0.29, 0.717) is 0 Å². The Morgan fingerprint density at radius 2 is 0.904 bits per heavy atom. The standard InChI is InChI=1S/C50H33NO/c1-2-11-34(12-3-1)36-23-27-42(28-24-36)51(44-17-10-16-39(32-44)40-22-21-35-13-4-5-14-38(35)31-40)43-29-25-37(26-30-43)47-33-41-15-6-7-18-45(41)50-49(47)46-19-8-9-20-48(46)52-50/h1-33H. The Bertz CT molecular complexity index is 2890. The summed E-state index contributed by atoms with van der Waals surface area (Å²) in [6.07, 6.45) is 0. The average molecular weight is 664 g/mol. The van der Waals surface area contributed by atoms with Crippen LogP contribution in [-0.4, -0.2) is 0 Å². The number of nitrogens with zero attached hydrogens (tertiary/aromatic N) is 1. The van der Waals surface area contributed by atoms with E-state index in [0.717, 1.165) is 50.0 Å². The van der Waals surface area contributed by atoms with Crippen LogP contribution in [0.1, 0.15) is 0 Å². The molecule has 0 aliphatic carbocycles. The van der Waals surface area contributed by atoms with E-state index in [1.54, 1.807) is 0 Å². The molecular weight excluding hydrogens is 631 g/mol. The minimum Gasteiger partial charge on any atom is -0.455 e. The fraction of sp³-hybridized carbons (Fsp3) is 0. The van der Waals surface area contributed by atoms with E-state index in [1.807, 2.05) is 6.07 Å². The van der Waals surface area contributed by atoms with E-state index in [9.17, 15) is 0 Å². The highest BCUT2D eigenvalue weighted by Crippen LogP contribution is 2.43. The van der Waals surface area contributed by atoms with Crippen LogP contribution in [0.5, 0.6) is 0 Å². The molecule has 0 saturated heterocycles. The van der Waals surface area contributed by atoms with Crippen LogP contribution in [0.25, 0.3) is 76.9 Å². The smallest absolute Gasteiger partial charge is 0.143 e. The number of anilines is 3. The van der Waals surface area contributed by atoms with Crippen LogP contribution in [0.15, 0.2) is 205 Å². The molecule has 0 fully saturated rings. The maximum absolute atomic E-state index is 6.51. The van der Waals surface area contributed by atoms with Gasteiger partial charge in [-0.25, -0.2) is 0 Å². The predicted molar refractivity (Wildman–Crippen MR) is 220 cm³/mol. The van der Waals surface area contributed by atoms with Crippen molar-refractivity contribution in [2.45, 2.75) is 0 Å². The van der Waals surface area contributed by atoms with Crippen molar-refractivity contribution in [3.8, 4) is 33.4 Å². The predicted octanol–water partition coefficient (Wildman–Crippen LogP) is 14.4. The van der Waals surface area contributed by atoms with Crippen molar-refractivity contribution < 1.29 is 4.42 Å². The molecule has 9 aromatic carbocycles. The second-order valence-corrected chi connectivity index (χ2v) is 13.4.